The zero-order chi connectivity index (χ0) is 9.14. The Balaban J connectivity index is 0.00000144. The normalized spacial score (nSPS) is 27.4. The molecule has 1 fully saturated rings. The first-order chi connectivity index (χ1) is 5.61. The number of carbonyl (C=O) groups excluding carboxylic acids is 2. The van der Waals surface area contributed by atoms with Crippen molar-refractivity contribution in [3.63, 3.8) is 0 Å². The van der Waals surface area contributed by atoms with E-state index in [4.69, 9.17) is 0 Å². The molecule has 4 nitrogen and oxygen atoms in total. The van der Waals surface area contributed by atoms with Crippen molar-refractivity contribution >= 4 is 11.9 Å². The second-order valence-electron chi connectivity index (χ2n) is 3.19. The zero-order valence-electron chi connectivity index (χ0n) is 7.32. The van der Waals surface area contributed by atoms with Gasteiger partial charge in [0.05, 0.1) is 0 Å². The van der Waals surface area contributed by atoms with Gasteiger partial charge in [0.1, 0.15) is 0 Å². The molecule has 1 rings (SSSR count). The van der Waals surface area contributed by atoms with Crippen LogP contribution in [0.3, 0.4) is 0 Å². The third-order valence-electron chi connectivity index (χ3n) is 2.39. The van der Waals surface area contributed by atoms with E-state index in [9.17, 15) is 19.8 Å². The van der Waals surface area contributed by atoms with Gasteiger partial charge in [-0.25, -0.2) is 0 Å². The van der Waals surface area contributed by atoms with E-state index in [1.807, 2.05) is 0 Å². The van der Waals surface area contributed by atoms with E-state index in [1.54, 1.807) is 0 Å². The molecule has 68 valence electrons. The topological polar surface area (TPSA) is 80.3 Å². The number of carboxylic acid groups (broad SMARTS) is 2. The summed E-state index contributed by atoms with van der Waals surface area (Å²) in [4.78, 5) is 20.7. The first-order valence-electron chi connectivity index (χ1n) is 4.03. The second-order valence-corrected chi connectivity index (χ2v) is 3.19. The van der Waals surface area contributed by atoms with Gasteiger partial charge in [-0.15, -0.1) is 0 Å². The van der Waals surface area contributed by atoms with E-state index >= 15 is 0 Å². The Labute approximate surface area is 96.5 Å². The van der Waals surface area contributed by atoms with Gasteiger partial charge in [0, 0.05) is 11.9 Å². The molecule has 0 aromatic rings. The summed E-state index contributed by atoms with van der Waals surface area (Å²) < 4.78 is 0. The molecule has 0 aliphatic heterocycles. The number of hydrogen-bond acceptors (Lipinski definition) is 4. The van der Waals surface area contributed by atoms with Gasteiger partial charge in [-0.3, -0.25) is 0 Å². The number of rotatable bonds is 2. The fourth-order valence-corrected chi connectivity index (χ4v) is 1.56. The smallest absolute Gasteiger partial charge is 0.550 e. The van der Waals surface area contributed by atoms with Gasteiger partial charge in [0.15, 0.2) is 0 Å². The Kier molecular flexibility index (Phi) is 5.50. The fourth-order valence-electron chi connectivity index (χ4n) is 1.56. The van der Waals surface area contributed by atoms with E-state index < -0.39 is 23.8 Å². The minimum Gasteiger partial charge on any atom is -0.550 e. The number of carboxylic acids is 2. The van der Waals surface area contributed by atoms with Crippen LogP contribution in [0.5, 0.6) is 0 Å². The molecule has 0 unspecified atom stereocenters. The average molecular weight is 283 g/mol. The molecular weight excluding hydrogens is 272 g/mol. The first kappa shape index (κ1) is 12.9. The van der Waals surface area contributed by atoms with Crippen LogP contribution in [-0.4, -0.2) is 11.9 Å². The van der Waals surface area contributed by atoms with Crippen LogP contribution in [0.1, 0.15) is 25.7 Å². The van der Waals surface area contributed by atoms with Crippen molar-refractivity contribution < 1.29 is 47.1 Å². The van der Waals surface area contributed by atoms with Gasteiger partial charge in [-0.2, -0.15) is 0 Å². The molecule has 0 radical (unpaired) electrons. The molecule has 1 aliphatic rings. The standard InChI is InChI=1S/C8H12O4.Cd/c9-7(10)5-1-2-6(4-3-5)8(11)12;/h5-6H,1-4H2,(H,9,10)(H,11,12);/q;+2/p-2. The fraction of sp³-hybridized carbons (Fsp3) is 0.750. The van der Waals surface area contributed by atoms with Crippen LogP contribution in [0.2, 0.25) is 0 Å². The Bertz CT molecular complexity index is 174. The van der Waals surface area contributed by atoms with Gasteiger partial charge in [0.25, 0.3) is 0 Å². The molecule has 0 spiro atoms. The quantitative estimate of drug-likeness (QED) is 0.565. The van der Waals surface area contributed by atoms with Crippen LogP contribution in [0.15, 0.2) is 0 Å². The minimum absolute atomic E-state index is 0. The van der Waals surface area contributed by atoms with Gasteiger partial charge in [-0.1, -0.05) is 0 Å². The SMILES string of the molecule is O=C([O-])C1CCC(C(=O)[O-])CC1.[Cd+2]. The summed E-state index contributed by atoms with van der Waals surface area (Å²) in [6.45, 7) is 0. The first-order valence-corrected chi connectivity index (χ1v) is 4.03. The Morgan fingerprint density at radius 1 is 0.846 bits per heavy atom. The minimum atomic E-state index is -1.06. The largest absolute Gasteiger partial charge is 2.00 e. The van der Waals surface area contributed by atoms with Crippen LogP contribution in [0.25, 0.3) is 0 Å². The van der Waals surface area contributed by atoms with Crippen LogP contribution in [0, 0.1) is 11.8 Å². The summed E-state index contributed by atoms with van der Waals surface area (Å²) in [6.07, 6.45) is 1.62. The molecule has 0 bridgehead atoms. The molecule has 1 aliphatic carbocycles. The summed E-state index contributed by atoms with van der Waals surface area (Å²) in [6, 6.07) is 0. The van der Waals surface area contributed by atoms with E-state index in [0.717, 1.165) is 0 Å². The molecule has 0 N–H and O–H groups in total. The molecule has 0 atom stereocenters. The van der Waals surface area contributed by atoms with Crippen molar-refractivity contribution in [1.29, 1.82) is 0 Å². The Morgan fingerprint density at radius 3 is 1.23 bits per heavy atom. The van der Waals surface area contributed by atoms with E-state index in [-0.39, 0.29) is 27.3 Å². The number of carbonyl (C=O) groups is 2. The van der Waals surface area contributed by atoms with Crippen molar-refractivity contribution in [2.75, 3.05) is 0 Å². The predicted octanol–water partition coefficient (Wildman–Crippen LogP) is -1.71. The molecule has 13 heavy (non-hydrogen) atoms. The van der Waals surface area contributed by atoms with E-state index in [1.165, 1.54) is 0 Å². The van der Waals surface area contributed by atoms with Gasteiger partial charge >= 0.3 is 27.3 Å². The maximum absolute atomic E-state index is 10.4. The predicted molar refractivity (Wildman–Crippen MR) is 35.5 cm³/mol. The molecule has 0 saturated heterocycles. The maximum atomic E-state index is 10.4. The van der Waals surface area contributed by atoms with Crippen molar-refractivity contribution in [3.05, 3.63) is 0 Å². The third-order valence-corrected chi connectivity index (χ3v) is 2.39. The summed E-state index contributed by atoms with van der Waals surface area (Å²) in [5.74, 6) is -3.04. The molecule has 5 heteroatoms. The number of aliphatic carboxylic acids is 2. The van der Waals surface area contributed by atoms with E-state index in [2.05, 4.69) is 0 Å². The summed E-state index contributed by atoms with van der Waals surface area (Å²) >= 11 is 0. The van der Waals surface area contributed by atoms with Crippen molar-refractivity contribution in [2.24, 2.45) is 11.8 Å². The number of hydrogen-bond donors (Lipinski definition) is 0. The monoisotopic (exact) mass is 284 g/mol. The summed E-state index contributed by atoms with van der Waals surface area (Å²) in [5.41, 5.74) is 0. The van der Waals surface area contributed by atoms with Crippen molar-refractivity contribution in [1.82, 2.24) is 0 Å². The molecule has 0 amide bonds. The van der Waals surface area contributed by atoms with Crippen molar-refractivity contribution in [3.8, 4) is 0 Å². The van der Waals surface area contributed by atoms with Crippen LogP contribution < -0.4 is 10.2 Å². The molecule has 0 aromatic heterocycles. The second kappa shape index (κ2) is 5.56. The maximum Gasteiger partial charge on any atom is 2.00 e. The Morgan fingerprint density at radius 2 is 1.08 bits per heavy atom. The molecule has 0 aromatic carbocycles. The molecular formula is C8H10CdO4. The molecule has 0 heterocycles. The van der Waals surface area contributed by atoms with Gasteiger partial charge < -0.3 is 19.8 Å². The van der Waals surface area contributed by atoms with Crippen LogP contribution >= 0.6 is 0 Å². The average Bonchev–Trinajstić information content (AvgIpc) is 2.04. The summed E-state index contributed by atoms with van der Waals surface area (Å²) in [7, 11) is 0. The van der Waals surface area contributed by atoms with Crippen LogP contribution in [-0.2, 0) is 36.9 Å². The summed E-state index contributed by atoms with van der Waals surface area (Å²) in [5, 5.41) is 20.7. The van der Waals surface area contributed by atoms with Gasteiger partial charge in [-0.05, 0) is 37.5 Å². The Hall–Kier alpha value is -0.138. The third kappa shape index (κ3) is 3.62. The van der Waals surface area contributed by atoms with Gasteiger partial charge in [0.2, 0.25) is 0 Å². The van der Waals surface area contributed by atoms with E-state index in [0.29, 0.717) is 25.7 Å². The molecule has 1 saturated carbocycles. The zero-order valence-corrected chi connectivity index (χ0v) is 11.4. The van der Waals surface area contributed by atoms with Crippen LogP contribution in [0.4, 0.5) is 0 Å². The van der Waals surface area contributed by atoms with Crippen molar-refractivity contribution in [2.45, 2.75) is 25.7 Å².